The van der Waals surface area contributed by atoms with E-state index in [-0.39, 0.29) is 46.1 Å². The van der Waals surface area contributed by atoms with Gasteiger partial charge in [0.1, 0.15) is 34.0 Å². The highest BCUT2D eigenvalue weighted by atomic mass is 16.5. The minimum Gasteiger partial charge on any atom is -0.507 e. The summed E-state index contributed by atoms with van der Waals surface area (Å²) < 4.78 is 7.56. The number of ketones is 3. The lowest BCUT2D eigenvalue weighted by Gasteiger charge is -2.29. The molecule has 0 unspecified atom stereocenters. The Bertz CT molecular complexity index is 1550. The minimum absolute atomic E-state index is 0.00898. The molecule has 0 amide bonds. The summed E-state index contributed by atoms with van der Waals surface area (Å²) in [6.07, 6.45) is 2.99. The largest absolute Gasteiger partial charge is 0.507 e. The molecular weight excluding hydrogens is 452 g/mol. The number of phenols is 2. The van der Waals surface area contributed by atoms with Gasteiger partial charge in [0, 0.05) is 23.5 Å². The van der Waals surface area contributed by atoms with E-state index in [1.54, 1.807) is 11.3 Å². The number of allylic oxidation sites excluding steroid dienone is 4. The van der Waals surface area contributed by atoms with Crippen LogP contribution in [0.5, 0.6) is 17.2 Å². The fraction of sp³-hybridized carbons (Fsp3) is 0.240. The maximum atomic E-state index is 13.8. The molecule has 0 saturated heterocycles. The standard InChI is InChI=1S/C25H22N4O6/c1-11-21(32)19(13(3)30)23-20(22(11)33)25(4)15(35-23)9-14(31)18(24(25)34)12(2)26-10-17-28-27-16-7-5-6-8-29(16)17/h5-9,26,32-33H,10H2,1-4H3/t25-/m0/s1. The van der Waals surface area contributed by atoms with E-state index >= 15 is 0 Å². The van der Waals surface area contributed by atoms with Gasteiger partial charge in [0.15, 0.2) is 28.8 Å². The Morgan fingerprint density at radius 1 is 1.17 bits per heavy atom. The van der Waals surface area contributed by atoms with Crippen LogP contribution in [0.15, 0.2) is 47.5 Å². The Balaban J connectivity index is 1.59. The van der Waals surface area contributed by atoms with Crippen molar-refractivity contribution >= 4 is 23.0 Å². The molecule has 2 aromatic heterocycles. The molecule has 0 radical (unpaired) electrons. The SMILES string of the molecule is CC(=O)c1c(O)c(C)c(O)c2c1OC1=CC(=O)C(=C(C)NCc3nnc4ccccn34)C(=O)[C@@]12C. The zero-order chi connectivity index (χ0) is 25.2. The van der Waals surface area contributed by atoms with Gasteiger partial charge in [-0.1, -0.05) is 6.07 Å². The first-order chi connectivity index (χ1) is 16.6. The molecule has 3 heterocycles. The summed E-state index contributed by atoms with van der Waals surface area (Å²) in [7, 11) is 0. The second kappa shape index (κ2) is 7.52. The van der Waals surface area contributed by atoms with E-state index in [2.05, 4.69) is 15.5 Å². The molecule has 10 nitrogen and oxygen atoms in total. The maximum Gasteiger partial charge on any atom is 0.194 e. The van der Waals surface area contributed by atoms with Crippen LogP contribution >= 0.6 is 0 Å². The quantitative estimate of drug-likeness (QED) is 0.295. The highest BCUT2D eigenvalue weighted by Crippen LogP contribution is 2.57. The number of rotatable bonds is 4. The van der Waals surface area contributed by atoms with Crippen molar-refractivity contribution in [3.63, 3.8) is 0 Å². The molecule has 35 heavy (non-hydrogen) atoms. The van der Waals surface area contributed by atoms with E-state index in [0.29, 0.717) is 17.2 Å². The van der Waals surface area contributed by atoms with Crippen molar-refractivity contribution in [3.8, 4) is 17.2 Å². The van der Waals surface area contributed by atoms with Crippen molar-refractivity contribution in [2.75, 3.05) is 0 Å². The lowest BCUT2D eigenvalue weighted by atomic mass is 9.70. The number of benzene rings is 1. The number of carbonyl (C=O) groups excluding carboxylic acids is 3. The fourth-order valence-electron chi connectivity index (χ4n) is 4.67. The van der Waals surface area contributed by atoms with Gasteiger partial charge in [-0.3, -0.25) is 18.8 Å². The Labute approximate surface area is 199 Å². The van der Waals surface area contributed by atoms with E-state index in [1.165, 1.54) is 26.8 Å². The number of Topliss-reactive ketones (excluding diaryl/α,β-unsaturated/α-hetero) is 2. The number of nitrogens with zero attached hydrogens (tertiary/aromatic N) is 3. The average molecular weight is 474 g/mol. The van der Waals surface area contributed by atoms with E-state index < -0.39 is 28.5 Å². The van der Waals surface area contributed by atoms with Crippen molar-refractivity contribution in [2.45, 2.75) is 39.7 Å². The van der Waals surface area contributed by atoms with Crippen LogP contribution in [-0.2, 0) is 21.5 Å². The van der Waals surface area contributed by atoms with Crippen LogP contribution < -0.4 is 10.1 Å². The number of hydrogen-bond donors (Lipinski definition) is 3. The van der Waals surface area contributed by atoms with Crippen LogP contribution in [0.1, 0.15) is 48.1 Å². The Morgan fingerprint density at radius 3 is 2.63 bits per heavy atom. The summed E-state index contributed by atoms with van der Waals surface area (Å²) in [5.74, 6) is -2.00. The molecule has 0 saturated carbocycles. The van der Waals surface area contributed by atoms with E-state index in [1.807, 2.05) is 24.4 Å². The Kier molecular flexibility index (Phi) is 4.80. The average Bonchev–Trinajstić information content (AvgIpc) is 3.35. The predicted molar refractivity (Wildman–Crippen MR) is 123 cm³/mol. The summed E-state index contributed by atoms with van der Waals surface area (Å²) >= 11 is 0. The maximum absolute atomic E-state index is 13.8. The van der Waals surface area contributed by atoms with Gasteiger partial charge in [0.05, 0.1) is 17.7 Å². The van der Waals surface area contributed by atoms with Crippen molar-refractivity contribution < 1.29 is 29.3 Å². The summed E-state index contributed by atoms with van der Waals surface area (Å²) in [6.45, 7) is 6.02. The summed E-state index contributed by atoms with van der Waals surface area (Å²) in [5.41, 5.74) is -0.731. The molecular formula is C25H22N4O6. The highest BCUT2D eigenvalue weighted by molar-refractivity contribution is 6.31. The number of ether oxygens (including phenoxy) is 1. The van der Waals surface area contributed by atoms with E-state index in [0.717, 1.165) is 0 Å². The van der Waals surface area contributed by atoms with Crippen LogP contribution in [-0.4, -0.2) is 42.2 Å². The van der Waals surface area contributed by atoms with Crippen LogP contribution in [0.4, 0.5) is 0 Å². The third-order valence-electron chi connectivity index (χ3n) is 6.66. The van der Waals surface area contributed by atoms with Gasteiger partial charge in [-0.2, -0.15) is 0 Å². The summed E-state index contributed by atoms with van der Waals surface area (Å²) in [5, 5.41) is 32.7. The topological polar surface area (TPSA) is 143 Å². The molecule has 1 aliphatic heterocycles. The lowest BCUT2D eigenvalue weighted by Crippen LogP contribution is -2.41. The zero-order valence-electron chi connectivity index (χ0n) is 19.5. The summed E-state index contributed by atoms with van der Waals surface area (Å²) in [6, 6.07) is 5.49. The summed E-state index contributed by atoms with van der Waals surface area (Å²) in [4.78, 5) is 39.1. The fourth-order valence-corrected chi connectivity index (χ4v) is 4.67. The number of phenolic OH excluding ortho intramolecular Hbond substituents is 2. The van der Waals surface area contributed by atoms with Gasteiger partial charge in [-0.15, -0.1) is 10.2 Å². The zero-order valence-corrected chi connectivity index (χ0v) is 19.5. The van der Waals surface area contributed by atoms with Crippen LogP contribution in [0.2, 0.25) is 0 Å². The lowest BCUT2D eigenvalue weighted by molar-refractivity contribution is -0.123. The number of pyridine rings is 1. The molecule has 0 spiro atoms. The van der Waals surface area contributed by atoms with Crippen LogP contribution in [0, 0.1) is 6.92 Å². The number of carbonyl (C=O) groups is 3. The normalized spacial score (nSPS) is 20.3. The number of fused-ring (bicyclic) bond motifs is 4. The number of aromatic nitrogens is 3. The molecule has 0 fully saturated rings. The van der Waals surface area contributed by atoms with Crippen LogP contribution in [0.25, 0.3) is 5.65 Å². The molecule has 1 aliphatic carbocycles. The molecule has 178 valence electrons. The van der Waals surface area contributed by atoms with E-state index in [4.69, 9.17) is 4.74 Å². The monoisotopic (exact) mass is 474 g/mol. The van der Waals surface area contributed by atoms with Gasteiger partial charge in [-0.25, -0.2) is 0 Å². The van der Waals surface area contributed by atoms with Gasteiger partial charge in [0.25, 0.3) is 0 Å². The molecule has 1 aromatic carbocycles. The molecule has 0 bridgehead atoms. The smallest absolute Gasteiger partial charge is 0.194 e. The Hall–Kier alpha value is -4.47. The molecule has 1 atom stereocenters. The Morgan fingerprint density at radius 2 is 1.91 bits per heavy atom. The number of aromatic hydroxyl groups is 2. The van der Waals surface area contributed by atoms with Crippen molar-refractivity contribution in [3.05, 3.63) is 70.0 Å². The van der Waals surface area contributed by atoms with Gasteiger partial charge < -0.3 is 20.3 Å². The van der Waals surface area contributed by atoms with Crippen LogP contribution in [0.3, 0.4) is 0 Å². The highest BCUT2D eigenvalue weighted by Gasteiger charge is 2.56. The molecule has 3 aromatic rings. The first-order valence-corrected chi connectivity index (χ1v) is 10.9. The third-order valence-corrected chi connectivity index (χ3v) is 6.66. The van der Waals surface area contributed by atoms with Gasteiger partial charge in [0.2, 0.25) is 0 Å². The predicted octanol–water partition coefficient (Wildman–Crippen LogP) is 2.40. The third kappa shape index (κ3) is 2.99. The van der Waals surface area contributed by atoms with Crippen molar-refractivity contribution in [2.24, 2.45) is 0 Å². The van der Waals surface area contributed by atoms with Crippen molar-refractivity contribution in [1.29, 1.82) is 0 Å². The van der Waals surface area contributed by atoms with Crippen molar-refractivity contribution in [1.82, 2.24) is 19.9 Å². The molecule has 3 N–H and O–H groups in total. The minimum atomic E-state index is -1.56. The molecule has 10 heteroatoms. The van der Waals surface area contributed by atoms with Gasteiger partial charge >= 0.3 is 0 Å². The molecule has 5 rings (SSSR count). The second-order valence-corrected chi connectivity index (χ2v) is 8.79. The first kappa shape index (κ1) is 22.3. The van der Waals surface area contributed by atoms with Gasteiger partial charge in [-0.05, 0) is 39.8 Å². The number of hydrogen-bond acceptors (Lipinski definition) is 9. The first-order valence-electron chi connectivity index (χ1n) is 10.9. The van der Waals surface area contributed by atoms with E-state index in [9.17, 15) is 24.6 Å². The second-order valence-electron chi connectivity index (χ2n) is 8.79. The number of nitrogens with one attached hydrogen (secondary N) is 1. The molecule has 2 aliphatic rings.